The predicted octanol–water partition coefficient (Wildman–Crippen LogP) is 4.32. The van der Waals surface area contributed by atoms with Crippen LogP contribution in [0.2, 0.25) is 0 Å². The summed E-state index contributed by atoms with van der Waals surface area (Å²) in [6.45, 7) is 11.1. The maximum absolute atomic E-state index is 12.3. The van der Waals surface area contributed by atoms with E-state index in [1.165, 1.54) is 6.42 Å². The Balaban J connectivity index is 1.87. The van der Waals surface area contributed by atoms with Crippen molar-refractivity contribution in [1.29, 1.82) is 0 Å². The van der Waals surface area contributed by atoms with E-state index in [4.69, 9.17) is 4.74 Å². The smallest absolute Gasteiger partial charge is 0.306 e. The van der Waals surface area contributed by atoms with Gasteiger partial charge in [-0.25, -0.2) is 0 Å². The van der Waals surface area contributed by atoms with E-state index in [0.717, 1.165) is 32.1 Å². The second-order valence-electron chi connectivity index (χ2n) is 9.98. The van der Waals surface area contributed by atoms with Crippen molar-refractivity contribution in [3.05, 3.63) is 0 Å². The minimum absolute atomic E-state index is 0.0118. The fourth-order valence-corrected chi connectivity index (χ4v) is 6.22. The number of esters is 1. The van der Waals surface area contributed by atoms with Crippen LogP contribution in [-0.4, -0.2) is 23.3 Å². The first-order valence-corrected chi connectivity index (χ1v) is 9.47. The largest absolute Gasteiger partial charge is 0.462 e. The zero-order valence-electron chi connectivity index (χ0n) is 15.5. The van der Waals surface area contributed by atoms with E-state index < -0.39 is 0 Å². The van der Waals surface area contributed by atoms with Crippen LogP contribution < -0.4 is 0 Å². The summed E-state index contributed by atoms with van der Waals surface area (Å²) in [5.74, 6) is 0.927. The predicted molar refractivity (Wildman–Crippen MR) is 90.9 cm³/mol. The van der Waals surface area contributed by atoms with E-state index in [2.05, 4.69) is 34.6 Å². The van der Waals surface area contributed by atoms with Crippen LogP contribution in [0.3, 0.4) is 0 Å². The number of hydrogen-bond acceptors (Lipinski definition) is 3. The number of carbonyl (C=O) groups excluding carboxylic acids is 1. The number of hydrogen-bond donors (Lipinski definition) is 1. The fraction of sp³-hybridized carbons (Fsp3) is 0.950. The molecule has 0 amide bonds. The highest BCUT2D eigenvalue weighted by atomic mass is 16.5. The van der Waals surface area contributed by atoms with Crippen molar-refractivity contribution in [1.82, 2.24) is 0 Å². The van der Waals surface area contributed by atoms with Crippen molar-refractivity contribution in [3.63, 3.8) is 0 Å². The van der Waals surface area contributed by atoms with Crippen LogP contribution in [0.15, 0.2) is 0 Å². The van der Waals surface area contributed by atoms with Crippen LogP contribution in [0.25, 0.3) is 0 Å². The molecule has 0 heterocycles. The van der Waals surface area contributed by atoms with Crippen molar-refractivity contribution in [2.45, 2.75) is 91.8 Å². The van der Waals surface area contributed by atoms with Gasteiger partial charge in [0.05, 0.1) is 6.10 Å². The number of rotatable bonds is 3. The fourth-order valence-electron chi connectivity index (χ4n) is 6.22. The van der Waals surface area contributed by atoms with Gasteiger partial charge in [-0.15, -0.1) is 0 Å². The lowest BCUT2D eigenvalue weighted by Gasteiger charge is -2.57. The van der Waals surface area contributed by atoms with Gasteiger partial charge in [0.2, 0.25) is 0 Å². The molecule has 132 valence electrons. The van der Waals surface area contributed by atoms with Gasteiger partial charge in [0.25, 0.3) is 0 Å². The Hall–Kier alpha value is -0.570. The van der Waals surface area contributed by atoms with Gasteiger partial charge >= 0.3 is 5.97 Å². The van der Waals surface area contributed by atoms with Crippen LogP contribution in [0.4, 0.5) is 0 Å². The average molecular weight is 322 g/mol. The summed E-state index contributed by atoms with van der Waals surface area (Å²) >= 11 is 0. The Kier molecular flexibility index (Phi) is 4.11. The third-order valence-electron chi connectivity index (χ3n) is 7.26. The topological polar surface area (TPSA) is 46.5 Å². The molecule has 3 heteroatoms. The van der Waals surface area contributed by atoms with Crippen molar-refractivity contribution in [2.75, 3.05) is 0 Å². The van der Waals surface area contributed by atoms with E-state index in [1.54, 1.807) is 0 Å². The van der Waals surface area contributed by atoms with Crippen molar-refractivity contribution in [2.24, 2.45) is 28.1 Å². The summed E-state index contributed by atoms with van der Waals surface area (Å²) in [6.07, 6.45) is 6.51. The van der Waals surface area contributed by atoms with Gasteiger partial charge in [-0.05, 0) is 61.2 Å². The highest BCUT2D eigenvalue weighted by Gasteiger charge is 2.65. The molecule has 0 unspecified atom stereocenters. The SMILES string of the molecule is CC(C)CC(=O)O[C@H]1CC(C)(C)[C@@H]2CC[C@]3(C)C[C@]12CC[C@H]3O. The van der Waals surface area contributed by atoms with E-state index in [9.17, 15) is 9.90 Å². The van der Waals surface area contributed by atoms with Crippen LogP contribution in [0, 0.1) is 28.1 Å². The molecule has 3 aliphatic carbocycles. The molecular formula is C20H34O3. The van der Waals surface area contributed by atoms with E-state index >= 15 is 0 Å². The lowest BCUT2D eigenvalue weighted by atomic mass is 9.49. The maximum atomic E-state index is 12.3. The summed E-state index contributed by atoms with van der Waals surface area (Å²) in [7, 11) is 0. The Morgan fingerprint density at radius 3 is 2.57 bits per heavy atom. The number of ether oxygens (including phenoxy) is 1. The first-order chi connectivity index (χ1) is 10.6. The van der Waals surface area contributed by atoms with Crippen molar-refractivity contribution < 1.29 is 14.6 Å². The first kappa shape index (κ1) is 17.3. The molecule has 3 fully saturated rings. The standard InChI is InChI=1S/C20H34O3/c1-13(2)10-17(22)23-16-11-18(3,4)14-6-8-19(5)12-20(14,16)9-7-15(19)21/h13-16,21H,6-12H2,1-5H3/t14-,15+,16-,19+,20-/m0/s1. The molecule has 3 saturated carbocycles. The Bertz CT molecular complexity index is 483. The van der Waals surface area contributed by atoms with Gasteiger partial charge in [0.15, 0.2) is 0 Å². The molecule has 0 aromatic rings. The van der Waals surface area contributed by atoms with Gasteiger partial charge in [-0.3, -0.25) is 4.79 Å². The summed E-state index contributed by atoms with van der Waals surface area (Å²) < 4.78 is 6.06. The van der Waals surface area contributed by atoms with Crippen LogP contribution >= 0.6 is 0 Å². The molecule has 0 aromatic heterocycles. The number of fused-ring (bicyclic) bond motifs is 1. The second kappa shape index (κ2) is 5.47. The lowest BCUT2D eigenvalue weighted by Crippen LogP contribution is -2.54. The number of aliphatic hydroxyl groups is 1. The molecule has 0 aromatic carbocycles. The van der Waals surface area contributed by atoms with Crippen LogP contribution in [-0.2, 0) is 9.53 Å². The Morgan fingerprint density at radius 2 is 1.91 bits per heavy atom. The van der Waals surface area contributed by atoms with Crippen LogP contribution in [0.5, 0.6) is 0 Å². The van der Waals surface area contributed by atoms with E-state index in [0.29, 0.717) is 18.3 Å². The summed E-state index contributed by atoms with van der Waals surface area (Å²) in [6, 6.07) is 0. The molecule has 3 aliphatic rings. The van der Waals surface area contributed by atoms with Gasteiger partial charge in [0, 0.05) is 11.8 Å². The Labute approximate surface area is 141 Å². The minimum Gasteiger partial charge on any atom is -0.462 e. The number of aliphatic hydroxyl groups excluding tert-OH is 1. The highest BCUT2D eigenvalue weighted by molar-refractivity contribution is 5.70. The van der Waals surface area contributed by atoms with Crippen molar-refractivity contribution in [3.8, 4) is 0 Å². The van der Waals surface area contributed by atoms with E-state index in [1.807, 2.05) is 0 Å². The van der Waals surface area contributed by atoms with Gasteiger partial charge in [-0.1, -0.05) is 34.6 Å². The summed E-state index contributed by atoms with van der Waals surface area (Å²) in [4.78, 5) is 12.3. The molecular weight excluding hydrogens is 288 g/mol. The monoisotopic (exact) mass is 322 g/mol. The van der Waals surface area contributed by atoms with Gasteiger partial charge in [0.1, 0.15) is 6.10 Å². The molecule has 1 spiro atoms. The highest BCUT2D eigenvalue weighted by Crippen LogP contribution is 2.69. The van der Waals surface area contributed by atoms with E-state index in [-0.39, 0.29) is 34.4 Å². The summed E-state index contributed by atoms with van der Waals surface area (Å²) in [5, 5.41) is 10.5. The molecule has 3 nitrogen and oxygen atoms in total. The molecule has 0 aliphatic heterocycles. The Morgan fingerprint density at radius 1 is 1.22 bits per heavy atom. The van der Waals surface area contributed by atoms with Gasteiger partial charge in [-0.2, -0.15) is 0 Å². The molecule has 1 N–H and O–H groups in total. The molecule has 0 saturated heterocycles. The molecule has 0 radical (unpaired) electrons. The summed E-state index contributed by atoms with van der Waals surface area (Å²) in [5.41, 5.74) is 0.340. The van der Waals surface area contributed by atoms with Crippen molar-refractivity contribution >= 4 is 5.97 Å². The average Bonchev–Trinajstić information content (AvgIpc) is 2.60. The maximum Gasteiger partial charge on any atom is 0.306 e. The molecule has 23 heavy (non-hydrogen) atoms. The quantitative estimate of drug-likeness (QED) is 0.787. The zero-order valence-corrected chi connectivity index (χ0v) is 15.5. The van der Waals surface area contributed by atoms with Crippen LogP contribution in [0.1, 0.15) is 79.6 Å². The second-order valence-corrected chi connectivity index (χ2v) is 9.98. The zero-order chi connectivity index (χ0) is 17.0. The van der Waals surface area contributed by atoms with Gasteiger partial charge < -0.3 is 9.84 Å². The number of carbonyl (C=O) groups is 1. The molecule has 2 bridgehead atoms. The third-order valence-corrected chi connectivity index (χ3v) is 7.26. The first-order valence-electron chi connectivity index (χ1n) is 9.47. The normalized spacial score (nSPS) is 44.9. The molecule has 5 atom stereocenters. The third kappa shape index (κ3) is 2.73. The molecule has 3 rings (SSSR count). The lowest BCUT2D eigenvalue weighted by molar-refractivity contribution is -0.175. The minimum atomic E-state index is -0.190.